The van der Waals surface area contributed by atoms with E-state index >= 15 is 0 Å². The lowest BCUT2D eigenvalue weighted by Crippen LogP contribution is -2.42. The molecule has 1 rings (SSSR count). The molecule has 0 saturated carbocycles. The molecule has 4 nitrogen and oxygen atoms in total. The lowest BCUT2D eigenvalue weighted by molar-refractivity contribution is 0.147. The van der Waals surface area contributed by atoms with Gasteiger partial charge in [0.1, 0.15) is 0 Å². The van der Waals surface area contributed by atoms with Crippen molar-refractivity contribution in [3.63, 3.8) is 0 Å². The van der Waals surface area contributed by atoms with E-state index in [0.29, 0.717) is 5.69 Å². The molecule has 0 spiro atoms. The third-order valence-corrected chi connectivity index (χ3v) is 2.78. The summed E-state index contributed by atoms with van der Waals surface area (Å²) in [5.74, 6) is 0. The van der Waals surface area contributed by atoms with E-state index < -0.39 is 5.54 Å². The van der Waals surface area contributed by atoms with Crippen LogP contribution in [0.1, 0.15) is 6.92 Å². The first kappa shape index (κ1) is 12.3. The van der Waals surface area contributed by atoms with Gasteiger partial charge in [0.2, 0.25) is 0 Å². The molecule has 5 heteroatoms. The first-order valence-corrected chi connectivity index (χ1v) is 5.35. The first-order chi connectivity index (χ1) is 7.00. The van der Waals surface area contributed by atoms with Crippen LogP contribution in [0.4, 0.5) is 11.4 Å². The predicted molar refractivity (Wildman–Crippen MR) is 64.8 cm³/mol. The molecule has 0 heterocycles. The quantitative estimate of drug-likeness (QED) is 0.622. The van der Waals surface area contributed by atoms with Crippen LogP contribution in [0.2, 0.25) is 0 Å². The molecule has 0 atom stereocenters. The second kappa shape index (κ2) is 4.83. The number of nitrogens with one attached hydrogen (secondary N) is 1. The molecule has 0 bridgehead atoms. The number of benzene rings is 1. The van der Waals surface area contributed by atoms with E-state index in [4.69, 9.17) is 15.9 Å². The Balaban J connectivity index is 2.89. The summed E-state index contributed by atoms with van der Waals surface area (Å²) < 4.78 is 0.802. The molecule has 15 heavy (non-hydrogen) atoms. The van der Waals surface area contributed by atoms with Gasteiger partial charge in [-0.3, -0.25) is 0 Å². The highest BCUT2D eigenvalue weighted by Gasteiger charge is 2.22. The van der Waals surface area contributed by atoms with Gasteiger partial charge in [-0.1, -0.05) is 0 Å². The summed E-state index contributed by atoms with van der Waals surface area (Å²) in [7, 11) is 0. The number of hydrogen-bond donors (Lipinski definition) is 4. The standard InChI is InChI=1S/C10H15BrN2O2/c1-10(5-14,6-15)13-9-3-2-7(12)4-8(9)11/h2-4,13-15H,5-6,12H2,1H3. The first-order valence-electron chi connectivity index (χ1n) is 4.56. The van der Waals surface area contributed by atoms with Gasteiger partial charge in [0, 0.05) is 15.8 Å². The second-order valence-corrected chi connectivity index (χ2v) is 4.60. The van der Waals surface area contributed by atoms with Gasteiger partial charge in [0.25, 0.3) is 0 Å². The van der Waals surface area contributed by atoms with E-state index in [1.54, 1.807) is 25.1 Å². The Morgan fingerprint density at radius 1 is 1.40 bits per heavy atom. The Morgan fingerprint density at radius 2 is 2.00 bits per heavy atom. The van der Waals surface area contributed by atoms with Crippen molar-refractivity contribution in [2.24, 2.45) is 0 Å². The van der Waals surface area contributed by atoms with E-state index in [0.717, 1.165) is 10.2 Å². The average Bonchev–Trinajstić information content (AvgIpc) is 2.22. The van der Waals surface area contributed by atoms with Crippen LogP contribution in [0.15, 0.2) is 22.7 Å². The number of aliphatic hydroxyl groups excluding tert-OH is 2. The third kappa shape index (κ3) is 3.09. The largest absolute Gasteiger partial charge is 0.399 e. The summed E-state index contributed by atoms with van der Waals surface area (Å²) in [5.41, 5.74) is 6.30. The molecule has 5 N–H and O–H groups in total. The molecule has 0 radical (unpaired) electrons. The Bertz CT molecular complexity index is 340. The summed E-state index contributed by atoms with van der Waals surface area (Å²) in [6.45, 7) is 1.43. The molecule has 0 aliphatic carbocycles. The fraction of sp³-hybridized carbons (Fsp3) is 0.400. The summed E-state index contributed by atoms with van der Waals surface area (Å²) >= 11 is 3.35. The van der Waals surface area contributed by atoms with Crippen molar-refractivity contribution >= 4 is 27.3 Å². The van der Waals surface area contributed by atoms with Gasteiger partial charge in [0.05, 0.1) is 18.8 Å². The minimum atomic E-state index is -0.737. The maximum Gasteiger partial charge on any atom is 0.0806 e. The zero-order chi connectivity index (χ0) is 11.5. The highest BCUT2D eigenvalue weighted by atomic mass is 79.9. The lowest BCUT2D eigenvalue weighted by atomic mass is 10.1. The van der Waals surface area contributed by atoms with Crippen LogP contribution in [-0.2, 0) is 0 Å². The molecule has 0 aromatic heterocycles. The minimum absolute atomic E-state index is 0.152. The number of nitrogen functional groups attached to an aromatic ring is 1. The fourth-order valence-electron chi connectivity index (χ4n) is 1.09. The van der Waals surface area contributed by atoms with Crippen molar-refractivity contribution in [3.05, 3.63) is 22.7 Å². The van der Waals surface area contributed by atoms with Gasteiger partial charge in [-0.2, -0.15) is 0 Å². The lowest BCUT2D eigenvalue weighted by Gasteiger charge is -2.28. The normalized spacial score (nSPS) is 11.5. The Morgan fingerprint density at radius 3 is 2.47 bits per heavy atom. The van der Waals surface area contributed by atoms with Gasteiger partial charge in [0.15, 0.2) is 0 Å². The Kier molecular flexibility index (Phi) is 3.96. The van der Waals surface area contributed by atoms with E-state index in [-0.39, 0.29) is 13.2 Å². The van der Waals surface area contributed by atoms with Gasteiger partial charge >= 0.3 is 0 Å². The van der Waals surface area contributed by atoms with Crippen LogP contribution < -0.4 is 11.1 Å². The van der Waals surface area contributed by atoms with Crippen molar-refractivity contribution in [3.8, 4) is 0 Å². The van der Waals surface area contributed by atoms with E-state index in [1.165, 1.54) is 0 Å². The van der Waals surface area contributed by atoms with Crippen LogP contribution in [0, 0.1) is 0 Å². The zero-order valence-electron chi connectivity index (χ0n) is 8.50. The summed E-state index contributed by atoms with van der Waals surface area (Å²) in [6.07, 6.45) is 0. The maximum atomic E-state index is 9.13. The molecule has 84 valence electrons. The molecule has 1 aromatic rings. The number of nitrogens with two attached hydrogens (primary N) is 1. The van der Waals surface area contributed by atoms with Crippen LogP contribution >= 0.6 is 15.9 Å². The van der Waals surface area contributed by atoms with Crippen molar-refractivity contribution < 1.29 is 10.2 Å². The summed E-state index contributed by atoms with van der Waals surface area (Å²) in [4.78, 5) is 0. The van der Waals surface area contributed by atoms with Crippen LogP contribution in [0.25, 0.3) is 0 Å². The van der Waals surface area contributed by atoms with Crippen molar-refractivity contribution in [1.29, 1.82) is 0 Å². The zero-order valence-corrected chi connectivity index (χ0v) is 10.1. The highest BCUT2D eigenvalue weighted by molar-refractivity contribution is 9.10. The van der Waals surface area contributed by atoms with Crippen molar-refractivity contribution in [1.82, 2.24) is 0 Å². The molecule has 0 saturated heterocycles. The summed E-state index contributed by atoms with van der Waals surface area (Å²) in [6, 6.07) is 5.31. The highest BCUT2D eigenvalue weighted by Crippen LogP contribution is 2.27. The number of halogens is 1. The number of rotatable bonds is 4. The van der Waals surface area contributed by atoms with Gasteiger partial charge in [-0.25, -0.2) is 0 Å². The minimum Gasteiger partial charge on any atom is -0.399 e. The van der Waals surface area contributed by atoms with E-state index in [1.807, 2.05) is 0 Å². The van der Waals surface area contributed by atoms with E-state index in [2.05, 4.69) is 21.2 Å². The van der Waals surface area contributed by atoms with Crippen LogP contribution in [0.3, 0.4) is 0 Å². The maximum absolute atomic E-state index is 9.13. The smallest absolute Gasteiger partial charge is 0.0806 e. The number of anilines is 2. The molecule has 0 amide bonds. The van der Waals surface area contributed by atoms with E-state index in [9.17, 15) is 0 Å². The van der Waals surface area contributed by atoms with Crippen LogP contribution in [-0.4, -0.2) is 29.0 Å². The second-order valence-electron chi connectivity index (χ2n) is 3.74. The summed E-state index contributed by atoms with van der Waals surface area (Å²) in [5, 5.41) is 21.3. The van der Waals surface area contributed by atoms with Crippen LogP contribution in [0.5, 0.6) is 0 Å². The topological polar surface area (TPSA) is 78.5 Å². The molecule has 0 fully saturated rings. The molecule has 0 aliphatic rings. The third-order valence-electron chi connectivity index (χ3n) is 2.13. The van der Waals surface area contributed by atoms with Gasteiger partial charge in [-0.15, -0.1) is 0 Å². The molecule has 1 aromatic carbocycles. The molecular weight excluding hydrogens is 260 g/mol. The number of hydrogen-bond acceptors (Lipinski definition) is 4. The molecular formula is C10H15BrN2O2. The molecule has 0 unspecified atom stereocenters. The fourth-order valence-corrected chi connectivity index (χ4v) is 1.58. The molecule has 0 aliphatic heterocycles. The van der Waals surface area contributed by atoms with Crippen molar-refractivity contribution in [2.75, 3.05) is 24.3 Å². The van der Waals surface area contributed by atoms with Crippen molar-refractivity contribution in [2.45, 2.75) is 12.5 Å². The SMILES string of the molecule is CC(CO)(CO)Nc1ccc(N)cc1Br. The van der Waals surface area contributed by atoms with Gasteiger partial charge < -0.3 is 21.3 Å². The predicted octanol–water partition coefficient (Wildman–Crippen LogP) is 1.19. The average molecular weight is 275 g/mol. The Hall–Kier alpha value is -0.780. The number of aliphatic hydroxyl groups is 2. The monoisotopic (exact) mass is 274 g/mol. The Labute approximate surface area is 97.2 Å². The van der Waals surface area contributed by atoms with Gasteiger partial charge in [-0.05, 0) is 41.1 Å².